The summed E-state index contributed by atoms with van der Waals surface area (Å²) in [5.41, 5.74) is 2.10. The van der Waals surface area contributed by atoms with Gasteiger partial charge < -0.3 is 9.26 Å². The van der Waals surface area contributed by atoms with E-state index in [0.29, 0.717) is 24.7 Å². The summed E-state index contributed by atoms with van der Waals surface area (Å²) < 4.78 is 11.9. The molecule has 3 N–H and O–H groups in total. The number of nitrogen functional groups attached to an aromatic ring is 1. The van der Waals surface area contributed by atoms with Crippen LogP contribution in [0.4, 0.5) is 0 Å². The maximum Gasteiger partial charge on any atom is 0.287 e. The molecule has 0 bridgehead atoms. The molecule has 1 amide bonds. The number of nitrogens with one attached hydrogen (secondary N) is 1. The van der Waals surface area contributed by atoms with Gasteiger partial charge in [-0.25, -0.2) is 5.84 Å². The van der Waals surface area contributed by atoms with E-state index >= 15 is 0 Å². The quantitative estimate of drug-likeness (QED) is 0.437. The number of amides is 1. The summed E-state index contributed by atoms with van der Waals surface area (Å²) in [6, 6.07) is 1.50. The molecule has 8 heteroatoms. The Hall–Kier alpha value is -2.35. The smallest absolute Gasteiger partial charge is 0.287 e. The average Bonchev–Trinajstić information content (AvgIpc) is 2.99. The van der Waals surface area contributed by atoms with Gasteiger partial charge in [-0.05, 0) is 6.92 Å². The molecule has 0 aliphatic carbocycles. The lowest BCUT2D eigenvalue weighted by molar-refractivity contribution is 0.0944. The summed E-state index contributed by atoms with van der Waals surface area (Å²) in [6.45, 7) is 2.83. The zero-order valence-electron chi connectivity index (χ0n) is 9.79. The van der Waals surface area contributed by atoms with Crippen molar-refractivity contribution in [3.63, 3.8) is 0 Å². The molecule has 2 aromatic heterocycles. The first-order chi connectivity index (χ1) is 8.72. The van der Waals surface area contributed by atoms with Crippen LogP contribution in [0.5, 0.6) is 5.75 Å². The van der Waals surface area contributed by atoms with Crippen molar-refractivity contribution in [1.82, 2.24) is 20.4 Å². The summed E-state index contributed by atoms with van der Waals surface area (Å²) in [6.07, 6.45) is 3.34. The Labute approximate surface area is 103 Å². The van der Waals surface area contributed by atoms with Crippen LogP contribution in [0, 0.1) is 0 Å². The van der Waals surface area contributed by atoms with Crippen molar-refractivity contribution in [1.29, 1.82) is 0 Å². The van der Waals surface area contributed by atoms with Gasteiger partial charge in [0, 0.05) is 6.07 Å². The van der Waals surface area contributed by atoms with E-state index in [2.05, 4.69) is 10.3 Å². The Bertz CT molecular complexity index is 533. The maximum atomic E-state index is 11.2. The highest BCUT2D eigenvalue weighted by Crippen LogP contribution is 2.11. The Morgan fingerprint density at radius 1 is 1.67 bits per heavy atom. The Kier molecular flexibility index (Phi) is 3.58. The largest absolute Gasteiger partial charge is 0.491 e. The van der Waals surface area contributed by atoms with Crippen molar-refractivity contribution in [2.24, 2.45) is 5.84 Å². The van der Waals surface area contributed by atoms with Crippen molar-refractivity contribution in [2.75, 3.05) is 6.61 Å². The third-order valence-corrected chi connectivity index (χ3v) is 2.16. The molecule has 2 aromatic rings. The zero-order valence-corrected chi connectivity index (χ0v) is 9.79. The fraction of sp³-hybridized carbons (Fsp3) is 0.300. The normalized spacial score (nSPS) is 10.3. The van der Waals surface area contributed by atoms with Gasteiger partial charge in [0.2, 0.25) is 0 Å². The molecule has 0 radical (unpaired) electrons. The minimum Gasteiger partial charge on any atom is -0.491 e. The van der Waals surface area contributed by atoms with Gasteiger partial charge in [0.25, 0.3) is 5.91 Å². The first-order valence-corrected chi connectivity index (χ1v) is 5.34. The number of hydrazine groups is 1. The van der Waals surface area contributed by atoms with Crippen LogP contribution >= 0.6 is 0 Å². The number of ether oxygens (including phenoxy) is 1. The molecule has 0 spiro atoms. The van der Waals surface area contributed by atoms with Gasteiger partial charge in [-0.3, -0.25) is 14.9 Å². The van der Waals surface area contributed by atoms with Gasteiger partial charge >= 0.3 is 0 Å². The highest BCUT2D eigenvalue weighted by atomic mass is 16.5. The molecule has 0 fully saturated rings. The molecule has 8 nitrogen and oxygen atoms in total. The van der Waals surface area contributed by atoms with Gasteiger partial charge in [0.15, 0.2) is 17.2 Å². The first-order valence-electron chi connectivity index (χ1n) is 5.34. The second-order valence-electron chi connectivity index (χ2n) is 3.46. The van der Waals surface area contributed by atoms with E-state index in [1.807, 2.05) is 12.3 Å². The van der Waals surface area contributed by atoms with Crippen molar-refractivity contribution in [3.05, 3.63) is 29.9 Å². The van der Waals surface area contributed by atoms with Crippen molar-refractivity contribution >= 4 is 5.91 Å². The van der Waals surface area contributed by atoms with Crippen molar-refractivity contribution in [3.8, 4) is 5.75 Å². The fourth-order valence-electron chi connectivity index (χ4n) is 1.40. The molecule has 2 heterocycles. The number of carbonyl (C=O) groups excluding carboxylic acids is 1. The van der Waals surface area contributed by atoms with Crippen LogP contribution in [-0.4, -0.2) is 27.5 Å². The summed E-state index contributed by atoms with van der Waals surface area (Å²) in [5, 5.41) is 7.67. The molecule has 96 valence electrons. The number of nitrogens with zero attached hydrogens (tertiary/aromatic N) is 3. The highest BCUT2D eigenvalue weighted by molar-refractivity contribution is 5.91. The predicted octanol–water partition coefficient (Wildman–Crippen LogP) is -0.0784. The lowest BCUT2D eigenvalue weighted by Gasteiger charge is -1.96. The van der Waals surface area contributed by atoms with E-state index in [1.165, 1.54) is 6.07 Å². The first kappa shape index (κ1) is 12.1. The van der Waals surface area contributed by atoms with E-state index in [4.69, 9.17) is 15.1 Å². The van der Waals surface area contributed by atoms with Crippen LogP contribution in [0.15, 0.2) is 23.0 Å². The molecule has 0 saturated heterocycles. The maximum absolute atomic E-state index is 11.2. The standard InChI is InChI=1S/C10H13N5O3/c1-2-17-8-4-12-15(6-8)5-7-3-9(14-18-7)10(16)13-11/h3-4,6H,2,5,11H2,1H3,(H,13,16). The Balaban J connectivity index is 2.04. The molecule has 0 aliphatic heterocycles. The lowest BCUT2D eigenvalue weighted by atomic mass is 10.3. The van der Waals surface area contributed by atoms with Gasteiger partial charge in [-0.15, -0.1) is 0 Å². The molecule has 0 saturated carbocycles. The summed E-state index contributed by atoms with van der Waals surface area (Å²) in [5.74, 6) is 5.67. The van der Waals surface area contributed by atoms with Crippen LogP contribution in [0.25, 0.3) is 0 Å². The SMILES string of the molecule is CCOc1cnn(Cc2cc(C(=O)NN)no2)c1. The highest BCUT2D eigenvalue weighted by Gasteiger charge is 2.11. The molecular weight excluding hydrogens is 238 g/mol. The lowest BCUT2D eigenvalue weighted by Crippen LogP contribution is -2.30. The topological polar surface area (TPSA) is 108 Å². The van der Waals surface area contributed by atoms with E-state index in [1.54, 1.807) is 17.1 Å². The molecule has 2 rings (SSSR count). The number of hydrogen-bond acceptors (Lipinski definition) is 6. The van der Waals surface area contributed by atoms with Gasteiger partial charge in [0.1, 0.15) is 6.54 Å². The number of hydrogen-bond donors (Lipinski definition) is 2. The minimum absolute atomic E-state index is 0.129. The molecule has 0 atom stereocenters. The van der Waals surface area contributed by atoms with E-state index in [9.17, 15) is 4.79 Å². The Morgan fingerprint density at radius 3 is 3.22 bits per heavy atom. The molecular formula is C10H13N5O3. The molecule has 18 heavy (non-hydrogen) atoms. The van der Waals surface area contributed by atoms with Crippen LogP contribution in [-0.2, 0) is 6.54 Å². The third kappa shape index (κ3) is 2.66. The van der Waals surface area contributed by atoms with Crippen molar-refractivity contribution in [2.45, 2.75) is 13.5 Å². The molecule has 0 aliphatic rings. The monoisotopic (exact) mass is 251 g/mol. The molecule has 0 aromatic carbocycles. The third-order valence-electron chi connectivity index (χ3n) is 2.16. The zero-order chi connectivity index (χ0) is 13.0. The van der Waals surface area contributed by atoms with E-state index in [0.717, 1.165) is 0 Å². The number of aromatic nitrogens is 3. The minimum atomic E-state index is -0.500. The van der Waals surface area contributed by atoms with E-state index < -0.39 is 5.91 Å². The number of rotatable bonds is 5. The van der Waals surface area contributed by atoms with Crippen LogP contribution < -0.4 is 16.0 Å². The van der Waals surface area contributed by atoms with Gasteiger partial charge in [0.05, 0.1) is 19.0 Å². The second kappa shape index (κ2) is 5.32. The van der Waals surface area contributed by atoms with Crippen molar-refractivity contribution < 1.29 is 14.1 Å². The summed E-state index contributed by atoms with van der Waals surface area (Å²) in [4.78, 5) is 11.2. The summed E-state index contributed by atoms with van der Waals surface area (Å²) in [7, 11) is 0. The Morgan fingerprint density at radius 2 is 2.50 bits per heavy atom. The van der Waals surface area contributed by atoms with Gasteiger partial charge in [-0.2, -0.15) is 5.10 Å². The second-order valence-corrected chi connectivity index (χ2v) is 3.46. The predicted molar refractivity (Wildman–Crippen MR) is 60.7 cm³/mol. The summed E-state index contributed by atoms with van der Waals surface area (Å²) >= 11 is 0. The molecule has 0 unspecified atom stereocenters. The van der Waals surface area contributed by atoms with Gasteiger partial charge in [-0.1, -0.05) is 5.16 Å². The van der Waals surface area contributed by atoms with E-state index in [-0.39, 0.29) is 5.69 Å². The van der Waals surface area contributed by atoms with Crippen LogP contribution in [0.3, 0.4) is 0 Å². The number of nitrogens with two attached hydrogens (primary N) is 1. The van der Waals surface area contributed by atoms with Crippen LogP contribution in [0.1, 0.15) is 23.2 Å². The van der Waals surface area contributed by atoms with Crippen LogP contribution in [0.2, 0.25) is 0 Å². The number of carbonyl (C=O) groups is 1. The average molecular weight is 251 g/mol. The fourth-order valence-corrected chi connectivity index (χ4v) is 1.40.